The minimum Gasteiger partial charge on any atom is -0.383 e. The number of aromatic nitrogens is 1. The van der Waals surface area contributed by atoms with Gasteiger partial charge < -0.3 is 11.1 Å². The van der Waals surface area contributed by atoms with E-state index in [2.05, 4.69) is 47.6 Å². The van der Waals surface area contributed by atoms with Crippen LogP contribution in [0.5, 0.6) is 0 Å². The summed E-state index contributed by atoms with van der Waals surface area (Å²) in [5.41, 5.74) is 10.9. The first-order chi connectivity index (χ1) is 9.69. The van der Waals surface area contributed by atoms with Crippen molar-refractivity contribution in [1.29, 1.82) is 5.26 Å². The number of fused-ring (bicyclic) bond motifs is 1. The largest absolute Gasteiger partial charge is 0.383 e. The van der Waals surface area contributed by atoms with Crippen molar-refractivity contribution in [2.75, 3.05) is 5.73 Å². The van der Waals surface area contributed by atoms with Crippen molar-refractivity contribution in [1.82, 2.24) is 10.3 Å². The molecule has 3 N–H and O–H groups in total. The van der Waals surface area contributed by atoms with Gasteiger partial charge in [-0.25, -0.2) is 4.98 Å². The molecule has 4 nitrogen and oxygen atoms in total. The van der Waals surface area contributed by atoms with Crippen LogP contribution in [0.3, 0.4) is 0 Å². The second kappa shape index (κ2) is 4.95. The van der Waals surface area contributed by atoms with Crippen molar-refractivity contribution in [2.45, 2.75) is 25.9 Å². The second-order valence-corrected chi connectivity index (χ2v) is 5.20. The first kappa shape index (κ1) is 12.6. The molecule has 2 heterocycles. The van der Waals surface area contributed by atoms with Crippen LogP contribution in [0.2, 0.25) is 0 Å². The standard InChI is InChI=1S/C16H16N4/c1-10-3-2-4-11(5-10)6-14-15-12(8-19-14)9-20-16(18)13(15)7-17/h2-5,9,14,19H,6,8H2,1H3,(H2,18,20). The van der Waals surface area contributed by atoms with Gasteiger partial charge in [-0.1, -0.05) is 29.8 Å². The SMILES string of the molecule is Cc1cccc(CC2NCc3cnc(N)c(C#N)c32)c1. The third-order valence-electron chi connectivity index (χ3n) is 3.75. The summed E-state index contributed by atoms with van der Waals surface area (Å²) < 4.78 is 0. The average Bonchev–Trinajstić information content (AvgIpc) is 2.82. The molecule has 1 atom stereocenters. The van der Waals surface area contributed by atoms with Gasteiger partial charge in [0.25, 0.3) is 0 Å². The summed E-state index contributed by atoms with van der Waals surface area (Å²) in [4.78, 5) is 4.09. The molecule has 2 aromatic rings. The Kier molecular flexibility index (Phi) is 3.13. The minimum absolute atomic E-state index is 0.131. The van der Waals surface area contributed by atoms with Crippen LogP contribution >= 0.6 is 0 Å². The summed E-state index contributed by atoms with van der Waals surface area (Å²) >= 11 is 0. The molecule has 0 saturated carbocycles. The molecule has 0 saturated heterocycles. The summed E-state index contributed by atoms with van der Waals surface area (Å²) in [7, 11) is 0. The molecule has 1 aromatic carbocycles. The lowest BCUT2D eigenvalue weighted by Crippen LogP contribution is -2.15. The molecule has 0 bridgehead atoms. The van der Waals surface area contributed by atoms with Crippen LogP contribution < -0.4 is 11.1 Å². The zero-order valence-electron chi connectivity index (χ0n) is 11.4. The maximum Gasteiger partial charge on any atom is 0.141 e. The lowest BCUT2D eigenvalue weighted by molar-refractivity contribution is 0.580. The van der Waals surface area contributed by atoms with Crippen molar-refractivity contribution < 1.29 is 0 Å². The van der Waals surface area contributed by atoms with E-state index < -0.39 is 0 Å². The van der Waals surface area contributed by atoms with Crippen LogP contribution in [0.4, 0.5) is 5.82 Å². The fraction of sp³-hybridized carbons (Fsp3) is 0.250. The quantitative estimate of drug-likeness (QED) is 0.872. The molecule has 0 fully saturated rings. The van der Waals surface area contributed by atoms with E-state index in [-0.39, 0.29) is 6.04 Å². The number of hydrogen-bond acceptors (Lipinski definition) is 4. The first-order valence-electron chi connectivity index (χ1n) is 6.65. The van der Waals surface area contributed by atoms with Crippen molar-refractivity contribution in [3.63, 3.8) is 0 Å². The van der Waals surface area contributed by atoms with E-state index in [1.165, 1.54) is 11.1 Å². The number of nitrogens with two attached hydrogens (primary N) is 1. The van der Waals surface area contributed by atoms with Gasteiger partial charge in [0.2, 0.25) is 0 Å². The third-order valence-corrected chi connectivity index (χ3v) is 3.75. The molecular weight excluding hydrogens is 248 g/mol. The van der Waals surface area contributed by atoms with E-state index >= 15 is 0 Å². The molecule has 0 aliphatic carbocycles. The summed E-state index contributed by atoms with van der Waals surface area (Å²) in [5, 5.41) is 12.8. The molecule has 1 aliphatic heterocycles. The summed E-state index contributed by atoms with van der Waals surface area (Å²) in [6.45, 7) is 2.83. The Morgan fingerprint density at radius 2 is 2.35 bits per heavy atom. The lowest BCUT2D eigenvalue weighted by Gasteiger charge is -2.14. The van der Waals surface area contributed by atoms with Crippen LogP contribution in [0.1, 0.15) is 33.9 Å². The van der Waals surface area contributed by atoms with Crippen LogP contribution in [0.15, 0.2) is 30.5 Å². The highest BCUT2D eigenvalue weighted by Crippen LogP contribution is 2.32. The monoisotopic (exact) mass is 264 g/mol. The van der Waals surface area contributed by atoms with Crippen LogP contribution in [-0.4, -0.2) is 4.98 Å². The smallest absolute Gasteiger partial charge is 0.141 e. The van der Waals surface area contributed by atoms with Gasteiger partial charge in [-0.05, 0) is 30.0 Å². The van der Waals surface area contributed by atoms with Crippen molar-refractivity contribution in [2.24, 2.45) is 0 Å². The minimum atomic E-state index is 0.131. The van der Waals surface area contributed by atoms with Gasteiger partial charge in [-0.2, -0.15) is 5.26 Å². The molecule has 1 aromatic heterocycles. The van der Waals surface area contributed by atoms with E-state index in [4.69, 9.17) is 5.73 Å². The summed E-state index contributed by atoms with van der Waals surface area (Å²) in [6.07, 6.45) is 2.63. The normalized spacial score (nSPS) is 16.7. The Balaban J connectivity index is 1.97. The maximum atomic E-state index is 9.31. The number of benzene rings is 1. The van der Waals surface area contributed by atoms with Gasteiger partial charge >= 0.3 is 0 Å². The number of nitrogens with one attached hydrogen (secondary N) is 1. The highest BCUT2D eigenvalue weighted by molar-refractivity contribution is 5.58. The van der Waals surface area contributed by atoms with Crippen LogP contribution in [0, 0.1) is 18.3 Å². The third kappa shape index (κ3) is 2.13. The Labute approximate surface area is 118 Å². The Morgan fingerprint density at radius 1 is 1.50 bits per heavy atom. The van der Waals surface area contributed by atoms with Crippen molar-refractivity contribution in [3.8, 4) is 6.07 Å². The number of pyridine rings is 1. The fourth-order valence-corrected chi connectivity index (χ4v) is 2.82. The van der Waals surface area contributed by atoms with Gasteiger partial charge in [0, 0.05) is 18.8 Å². The number of aryl methyl sites for hydroxylation is 1. The topological polar surface area (TPSA) is 74.7 Å². The highest BCUT2D eigenvalue weighted by Gasteiger charge is 2.27. The molecule has 20 heavy (non-hydrogen) atoms. The molecular formula is C16H16N4. The number of nitrogens with zero attached hydrogens (tertiary/aromatic N) is 2. The molecule has 1 aliphatic rings. The van der Waals surface area contributed by atoms with E-state index in [0.717, 1.165) is 24.1 Å². The second-order valence-electron chi connectivity index (χ2n) is 5.20. The number of nitrogen functional groups attached to an aromatic ring is 1. The van der Waals surface area contributed by atoms with Gasteiger partial charge in [-0.15, -0.1) is 0 Å². The van der Waals surface area contributed by atoms with Gasteiger partial charge in [-0.3, -0.25) is 0 Å². The van der Waals surface area contributed by atoms with Crippen LogP contribution in [-0.2, 0) is 13.0 Å². The molecule has 1 unspecified atom stereocenters. The highest BCUT2D eigenvalue weighted by atomic mass is 15.0. The Morgan fingerprint density at radius 3 is 3.10 bits per heavy atom. The Bertz CT molecular complexity index is 700. The number of anilines is 1. The zero-order chi connectivity index (χ0) is 14.1. The predicted molar refractivity (Wildman–Crippen MR) is 77.8 cm³/mol. The van der Waals surface area contributed by atoms with Gasteiger partial charge in [0.15, 0.2) is 0 Å². The maximum absolute atomic E-state index is 9.31. The van der Waals surface area contributed by atoms with Crippen LogP contribution in [0.25, 0.3) is 0 Å². The molecule has 0 spiro atoms. The van der Waals surface area contributed by atoms with E-state index in [1.54, 1.807) is 6.20 Å². The zero-order valence-corrected chi connectivity index (χ0v) is 11.4. The number of rotatable bonds is 2. The molecule has 3 rings (SSSR count). The van der Waals surface area contributed by atoms with Crippen molar-refractivity contribution >= 4 is 5.82 Å². The van der Waals surface area contributed by atoms with Gasteiger partial charge in [0.1, 0.15) is 11.9 Å². The summed E-state index contributed by atoms with van der Waals surface area (Å²) in [5.74, 6) is 0.323. The molecule has 100 valence electrons. The van der Waals surface area contributed by atoms with E-state index in [9.17, 15) is 5.26 Å². The van der Waals surface area contributed by atoms with E-state index in [1.807, 2.05) is 0 Å². The molecule has 0 radical (unpaired) electrons. The average molecular weight is 264 g/mol. The van der Waals surface area contributed by atoms with Crippen molar-refractivity contribution in [3.05, 3.63) is 58.3 Å². The fourth-order valence-electron chi connectivity index (χ4n) is 2.82. The predicted octanol–water partition coefficient (Wildman–Crippen LogP) is 2.23. The molecule has 4 heteroatoms. The number of hydrogen-bond donors (Lipinski definition) is 2. The van der Waals surface area contributed by atoms with Gasteiger partial charge in [0.05, 0.1) is 5.56 Å². The first-order valence-corrected chi connectivity index (χ1v) is 6.65. The molecule has 0 amide bonds. The number of nitriles is 1. The Hall–Kier alpha value is -2.38. The lowest BCUT2D eigenvalue weighted by atomic mass is 9.95. The van der Waals surface area contributed by atoms with E-state index in [0.29, 0.717) is 11.4 Å². The summed E-state index contributed by atoms with van der Waals surface area (Å²) in [6, 6.07) is 10.8.